The van der Waals surface area contributed by atoms with E-state index in [0.717, 1.165) is 0 Å². The Morgan fingerprint density at radius 3 is 2.10 bits per heavy atom. The molecule has 0 atom stereocenters. The van der Waals surface area contributed by atoms with Gasteiger partial charge >= 0.3 is 5.97 Å². The lowest BCUT2D eigenvalue weighted by molar-refractivity contribution is -0.141. The number of methoxy groups -OCH3 is 1. The molecule has 0 saturated carbocycles. The fourth-order valence-electron chi connectivity index (χ4n) is 0.444. The van der Waals surface area contributed by atoms with Gasteiger partial charge in [-0.25, -0.2) is 0 Å². The van der Waals surface area contributed by atoms with Crippen molar-refractivity contribution in [2.45, 2.75) is 25.8 Å². The maximum absolute atomic E-state index is 10.5. The molecule has 0 rings (SSSR count). The molecule has 0 aliphatic rings. The average Bonchev–Trinajstić information content (AvgIpc) is 1.62. The van der Waals surface area contributed by atoms with E-state index >= 15 is 0 Å². The highest BCUT2D eigenvalue weighted by Gasteiger charge is 2.15. The van der Waals surface area contributed by atoms with Crippen LogP contribution in [0.25, 0.3) is 0 Å². The van der Waals surface area contributed by atoms with E-state index in [1.165, 1.54) is 7.11 Å². The second kappa shape index (κ2) is 4.52. The zero-order valence-electron chi connectivity index (χ0n) is 6.51. The molecule has 2 N–H and O–H groups in total. The second-order valence-electron chi connectivity index (χ2n) is 2.74. The zero-order chi connectivity index (χ0) is 7.49. The average molecular weight is 168 g/mol. The topological polar surface area (TPSA) is 52.3 Å². The summed E-state index contributed by atoms with van der Waals surface area (Å²) >= 11 is 0. The molecule has 10 heavy (non-hydrogen) atoms. The number of esters is 1. The molecule has 3 nitrogen and oxygen atoms in total. The summed E-state index contributed by atoms with van der Waals surface area (Å²) in [6.45, 7) is 3.56. The van der Waals surface area contributed by atoms with Gasteiger partial charge in [0.2, 0.25) is 0 Å². The summed E-state index contributed by atoms with van der Waals surface area (Å²) in [5, 5.41) is 0. The number of carbonyl (C=O) groups excluding carboxylic acids is 1. The second-order valence-corrected chi connectivity index (χ2v) is 2.74. The first-order valence-electron chi connectivity index (χ1n) is 2.81. The molecule has 0 radical (unpaired) electrons. The van der Waals surface area contributed by atoms with Crippen LogP contribution in [0.3, 0.4) is 0 Å². The fourth-order valence-corrected chi connectivity index (χ4v) is 0.444. The van der Waals surface area contributed by atoms with Crippen molar-refractivity contribution in [2.75, 3.05) is 7.11 Å². The van der Waals surface area contributed by atoms with Gasteiger partial charge in [-0.2, -0.15) is 0 Å². The van der Waals surface area contributed by atoms with Gasteiger partial charge in [0.25, 0.3) is 0 Å². The molecule has 0 fully saturated rings. The van der Waals surface area contributed by atoms with Gasteiger partial charge in [0, 0.05) is 5.54 Å². The molecule has 0 aliphatic heterocycles. The predicted octanol–water partition coefficient (Wildman–Crippen LogP) is 0.709. The standard InChI is InChI=1S/C6H13NO2.ClH/c1-6(2,7)4-5(8)9-3;/h4,7H2,1-3H3;1H. The van der Waals surface area contributed by atoms with E-state index in [1.807, 2.05) is 0 Å². The van der Waals surface area contributed by atoms with Crippen LogP contribution in [0.1, 0.15) is 20.3 Å². The normalized spacial score (nSPS) is 10.0. The first-order valence-corrected chi connectivity index (χ1v) is 2.81. The number of halogens is 1. The Morgan fingerprint density at radius 1 is 1.60 bits per heavy atom. The minimum Gasteiger partial charge on any atom is -0.469 e. The Balaban J connectivity index is 0. The van der Waals surface area contributed by atoms with Gasteiger partial charge in [-0.1, -0.05) is 0 Å². The molecule has 0 aromatic heterocycles. The van der Waals surface area contributed by atoms with E-state index in [0.29, 0.717) is 0 Å². The van der Waals surface area contributed by atoms with Crippen molar-refractivity contribution in [1.82, 2.24) is 0 Å². The summed E-state index contributed by atoms with van der Waals surface area (Å²) in [5.41, 5.74) is 5.06. The van der Waals surface area contributed by atoms with Gasteiger partial charge in [0.15, 0.2) is 0 Å². The molecule has 0 aliphatic carbocycles. The lowest BCUT2D eigenvalue weighted by atomic mass is 10.0. The molecular weight excluding hydrogens is 154 g/mol. The molecule has 0 saturated heterocycles. The first kappa shape index (κ1) is 12.4. The molecule has 0 unspecified atom stereocenters. The number of hydrogen-bond donors (Lipinski definition) is 1. The van der Waals surface area contributed by atoms with Crippen molar-refractivity contribution in [3.05, 3.63) is 0 Å². The largest absolute Gasteiger partial charge is 0.469 e. The number of nitrogens with two attached hydrogens (primary N) is 1. The lowest BCUT2D eigenvalue weighted by Gasteiger charge is -2.15. The zero-order valence-corrected chi connectivity index (χ0v) is 7.33. The van der Waals surface area contributed by atoms with Crippen molar-refractivity contribution in [2.24, 2.45) is 5.73 Å². The van der Waals surface area contributed by atoms with Gasteiger partial charge in [0.05, 0.1) is 13.5 Å². The summed E-state index contributed by atoms with van der Waals surface area (Å²) in [4.78, 5) is 10.5. The minimum atomic E-state index is -0.451. The molecule has 0 amide bonds. The third-order valence-corrected chi connectivity index (χ3v) is 0.828. The summed E-state index contributed by atoms with van der Waals surface area (Å²) in [6.07, 6.45) is 0.267. The molecule has 62 valence electrons. The van der Waals surface area contributed by atoms with Crippen molar-refractivity contribution in [1.29, 1.82) is 0 Å². The maximum Gasteiger partial charge on any atom is 0.307 e. The van der Waals surface area contributed by atoms with Crippen LogP contribution in [0.2, 0.25) is 0 Å². The van der Waals surface area contributed by atoms with Gasteiger partial charge in [0.1, 0.15) is 0 Å². The monoisotopic (exact) mass is 167 g/mol. The quantitative estimate of drug-likeness (QED) is 0.617. The van der Waals surface area contributed by atoms with Crippen LogP contribution in [0, 0.1) is 0 Å². The first-order chi connectivity index (χ1) is 3.95. The van der Waals surface area contributed by atoms with Crippen LogP contribution in [0.4, 0.5) is 0 Å². The number of hydrogen-bond acceptors (Lipinski definition) is 3. The van der Waals surface area contributed by atoms with Crippen LogP contribution in [0.5, 0.6) is 0 Å². The number of rotatable bonds is 2. The highest BCUT2D eigenvalue weighted by Crippen LogP contribution is 2.03. The van der Waals surface area contributed by atoms with Crippen LogP contribution in [0.15, 0.2) is 0 Å². The summed E-state index contributed by atoms with van der Waals surface area (Å²) in [5.74, 6) is -0.262. The molecule has 0 spiro atoms. The van der Waals surface area contributed by atoms with Crippen LogP contribution >= 0.6 is 12.4 Å². The number of ether oxygens (including phenoxy) is 1. The number of carbonyl (C=O) groups is 1. The smallest absolute Gasteiger partial charge is 0.307 e. The summed E-state index contributed by atoms with van der Waals surface area (Å²) < 4.78 is 4.41. The van der Waals surface area contributed by atoms with Crippen molar-refractivity contribution in [3.63, 3.8) is 0 Å². The van der Waals surface area contributed by atoms with Crippen molar-refractivity contribution < 1.29 is 9.53 Å². The van der Waals surface area contributed by atoms with E-state index in [2.05, 4.69) is 4.74 Å². The third-order valence-electron chi connectivity index (χ3n) is 0.828. The molecule has 0 heterocycles. The van der Waals surface area contributed by atoms with Crippen molar-refractivity contribution in [3.8, 4) is 0 Å². The Hall–Kier alpha value is -0.280. The van der Waals surface area contributed by atoms with Crippen LogP contribution in [-0.4, -0.2) is 18.6 Å². The molecule has 4 heteroatoms. The summed E-state index contributed by atoms with van der Waals surface area (Å²) in [7, 11) is 1.36. The maximum atomic E-state index is 10.5. The summed E-state index contributed by atoms with van der Waals surface area (Å²) in [6, 6.07) is 0. The van der Waals surface area contributed by atoms with Crippen LogP contribution in [-0.2, 0) is 9.53 Å². The van der Waals surface area contributed by atoms with E-state index < -0.39 is 5.54 Å². The molecule has 0 aromatic carbocycles. The molecule has 0 aromatic rings. The highest BCUT2D eigenvalue weighted by molar-refractivity contribution is 5.85. The van der Waals surface area contributed by atoms with Gasteiger partial charge in [-0.3, -0.25) is 4.79 Å². The van der Waals surface area contributed by atoms with E-state index in [4.69, 9.17) is 5.73 Å². The lowest BCUT2D eigenvalue weighted by Crippen LogP contribution is -2.34. The molecule has 0 bridgehead atoms. The minimum absolute atomic E-state index is 0. The Kier molecular flexibility index (Phi) is 5.61. The van der Waals surface area contributed by atoms with Crippen LogP contribution < -0.4 is 5.73 Å². The molecular formula is C6H14ClNO2. The van der Waals surface area contributed by atoms with E-state index in [1.54, 1.807) is 13.8 Å². The highest BCUT2D eigenvalue weighted by atomic mass is 35.5. The van der Waals surface area contributed by atoms with E-state index in [9.17, 15) is 4.79 Å². The Labute approximate surface area is 67.3 Å². The third kappa shape index (κ3) is 7.72. The van der Waals surface area contributed by atoms with Crippen molar-refractivity contribution >= 4 is 18.4 Å². The van der Waals surface area contributed by atoms with Gasteiger partial charge in [-0.05, 0) is 13.8 Å². The Morgan fingerprint density at radius 2 is 2.00 bits per heavy atom. The van der Waals surface area contributed by atoms with Gasteiger partial charge < -0.3 is 10.5 Å². The predicted molar refractivity (Wildman–Crippen MR) is 42.1 cm³/mol. The Bertz CT molecular complexity index is 109. The van der Waals surface area contributed by atoms with Gasteiger partial charge in [-0.15, -0.1) is 12.4 Å². The SMILES string of the molecule is COC(=O)CC(C)(C)N.Cl. The van der Waals surface area contributed by atoms with E-state index in [-0.39, 0.29) is 24.8 Å². The fraction of sp³-hybridized carbons (Fsp3) is 0.833.